The predicted molar refractivity (Wildman–Crippen MR) is 117 cm³/mol. The number of benzene rings is 1. The lowest BCUT2D eigenvalue weighted by atomic mass is 10.3. The fourth-order valence-electron chi connectivity index (χ4n) is 2.74. The highest BCUT2D eigenvalue weighted by Crippen LogP contribution is 2.23. The van der Waals surface area contributed by atoms with Gasteiger partial charge in [-0.2, -0.15) is 5.10 Å². The minimum Gasteiger partial charge on any atom is -0.484 e. The van der Waals surface area contributed by atoms with Crippen LogP contribution < -0.4 is 15.4 Å². The summed E-state index contributed by atoms with van der Waals surface area (Å²) >= 11 is 1.44. The second-order valence-corrected chi connectivity index (χ2v) is 7.15. The fourth-order valence-corrected chi connectivity index (χ4v) is 3.10. The third kappa shape index (κ3) is 6.53. The molecule has 0 aliphatic carbocycles. The Morgan fingerprint density at radius 2 is 2.03 bits per heavy atom. The molecule has 0 unspecified atom stereocenters. The number of nitrogens with zero attached hydrogens (tertiary/aromatic N) is 4. The predicted octanol–water partition coefficient (Wildman–Crippen LogP) is 2.33. The maximum Gasteiger partial charge on any atom is 0.258 e. The van der Waals surface area contributed by atoms with E-state index in [-0.39, 0.29) is 18.3 Å². The van der Waals surface area contributed by atoms with Crippen molar-refractivity contribution >= 4 is 34.5 Å². The number of halogens is 1. The molecular formula is C20H25FN6O3S. The summed E-state index contributed by atoms with van der Waals surface area (Å²) in [6.45, 7) is 4.46. The Morgan fingerprint density at radius 3 is 2.77 bits per heavy atom. The van der Waals surface area contributed by atoms with Crippen molar-refractivity contribution in [1.82, 2.24) is 25.1 Å². The van der Waals surface area contributed by atoms with Crippen LogP contribution in [-0.4, -0.2) is 64.8 Å². The van der Waals surface area contributed by atoms with Gasteiger partial charge in [0.15, 0.2) is 17.4 Å². The van der Waals surface area contributed by atoms with E-state index in [1.54, 1.807) is 10.9 Å². The number of carbonyl (C=O) groups is 1. The van der Waals surface area contributed by atoms with Gasteiger partial charge in [0.1, 0.15) is 17.4 Å². The van der Waals surface area contributed by atoms with E-state index in [4.69, 9.17) is 9.47 Å². The average Bonchev–Trinajstić information content (AvgIpc) is 3.19. The highest BCUT2D eigenvalue weighted by Gasteiger charge is 2.13. The van der Waals surface area contributed by atoms with Gasteiger partial charge in [-0.05, 0) is 37.4 Å². The summed E-state index contributed by atoms with van der Waals surface area (Å²) in [7, 11) is 0. The van der Waals surface area contributed by atoms with Crippen LogP contribution in [0, 0.1) is 5.82 Å². The van der Waals surface area contributed by atoms with Crippen molar-refractivity contribution in [3.63, 3.8) is 0 Å². The van der Waals surface area contributed by atoms with E-state index in [0.29, 0.717) is 55.2 Å². The molecule has 0 atom stereocenters. The van der Waals surface area contributed by atoms with Crippen molar-refractivity contribution < 1.29 is 18.7 Å². The Kier molecular flexibility index (Phi) is 8.42. The summed E-state index contributed by atoms with van der Waals surface area (Å²) in [5, 5.41) is 11.9. The van der Waals surface area contributed by atoms with Crippen molar-refractivity contribution in [3.05, 3.63) is 36.3 Å². The topological polar surface area (TPSA) is 103 Å². The summed E-state index contributed by atoms with van der Waals surface area (Å²) < 4.78 is 25.3. The molecular weight excluding hydrogens is 423 g/mol. The molecule has 0 bridgehead atoms. The number of carbonyl (C=O) groups excluding carboxylic acids is 1. The van der Waals surface area contributed by atoms with Crippen LogP contribution in [0.4, 0.5) is 10.2 Å². The van der Waals surface area contributed by atoms with Crippen molar-refractivity contribution in [3.8, 4) is 5.75 Å². The molecule has 0 spiro atoms. The number of fused-ring (bicyclic) bond motifs is 1. The molecule has 3 aromatic rings. The van der Waals surface area contributed by atoms with Crippen molar-refractivity contribution in [2.45, 2.75) is 18.6 Å². The van der Waals surface area contributed by atoms with Gasteiger partial charge in [-0.15, -0.1) is 0 Å². The lowest BCUT2D eigenvalue weighted by Crippen LogP contribution is -2.31. The third-order valence-corrected chi connectivity index (χ3v) is 4.78. The second-order valence-electron chi connectivity index (χ2n) is 6.38. The van der Waals surface area contributed by atoms with Crippen LogP contribution in [-0.2, 0) is 16.1 Å². The number of hydrogen-bond acceptors (Lipinski definition) is 8. The first-order valence-corrected chi connectivity index (χ1v) is 11.1. The monoisotopic (exact) mass is 448 g/mol. The molecule has 11 heteroatoms. The number of ether oxygens (including phenoxy) is 2. The first-order chi connectivity index (χ1) is 15.1. The highest BCUT2D eigenvalue weighted by atomic mass is 32.2. The van der Waals surface area contributed by atoms with E-state index in [9.17, 15) is 9.18 Å². The zero-order valence-electron chi connectivity index (χ0n) is 17.4. The quantitative estimate of drug-likeness (QED) is 0.247. The normalized spacial score (nSPS) is 10.9. The molecule has 0 aliphatic rings. The number of rotatable bonds is 12. The Labute approximate surface area is 183 Å². The van der Waals surface area contributed by atoms with E-state index in [1.165, 1.54) is 36.0 Å². The molecule has 1 aromatic carbocycles. The van der Waals surface area contributed by atoms with Crippen LogP contribution >= 0.6 is 11.8 Å². The molecule has 166 valence electrons. The minimum atomic E-state index is -0.357. The van der Waals surface area contributed by atoms with Crippen LogP contribution in [0.15, 0.2) is 35.6 Å². The molecule has 2 heterocycles. The Hall–Kier alpha value is -2.92. The second kappa shape index (κ2) is 11.5. The summed E-state index contributed by atoms with van der Waals surface area (Å²) in [5.41, 5.74) is 0.690. The molecule has 1 amide bonds. The Bertz CT molecular complexity index is 998. The summed E-state index contributed by atoms with van der Waals surface area (Å²) in [5.74, 6) is 0.500. The van der Waals surface area contributed by atoms with E-state index in [0.717, 1.165) is 5.39 Å². The van der Waals surface area contributed by atoms with E-state index in [2.05, 4.69) is 25.7 Å². The van der Waals surface area contributed by atoms with E-state index in [1.807, 2.05) is 13.2 Å². The molecule has 2 N–H and O–H groups in total. The summed E-state index contributed by atoms with van der Waals surface area (Å²) in [6.07, 6.45) is 3.62. The highest BCUT2D eigenvalue weighted by molar-refractivity contribution is 7.98. The zero-order chi connectivity index (χ0) is 22.1. The molecule has 0 aliphatic heterocycles. The Morgan fingerprint density at radius 1 is 1.23 bits per heavy atom. The van der Waals surface area contributed by atoms with E-state index >= 15 is 0 Å². The van der Waals surface area contributed by atoms with Gasteiger partial charge in [-0.3, -0.25) is 4.79 Å². The van der Waals surface area contributed by atoms with Gasteiger partial charge in [0, 0.05) is 19.7 Å². The average molecular weight is 449 g/mol. The van der Waals surface area contributed by atoms with Crippen LogP contribution in [0.3, 0.4) is 0 Å². The smallest absolute Gasteiger partial charge is 0.258 e. The fraction of sp³-hybridized carbons (Fsp3) is 0.400. The molecule has 9 nitrogen and oxygen atoms in total. The molecule has 0 radical (unpaired) electrons. The molecule has 0 saturated heterocycles. The van der Waals surface area contributed by atoms with Crippen molar-refractivity contribution in [2.24, 2.45) is 0 Å². The standard InChI is InChI=1S/C20H25FN6O3S/c1-3-29-11-9-23-18-16-12-24-27(19(16)26-20(25-18)31-2)10-8-22-17(28)13-30-15-6-4-14(21)5-7-15/h4-7,12H,3,8-11,13H2,1-2H3,(H,22,28)(H,23,25,26). The Balaban J connectivity index is 1.55. The molecule has 2 aromatic heterocycles. The lowest BCUT2D eigenvalue weighted by Gasteiger charge is -2.10. The summed E-state index contributed by atoms with van der Waals surface area (Å²) in [6, 6.07) is 5.50. The van der Waals surface area contributed by atoms with Gasteiger partial charge in [-0.1, -0.05) is 11.8 Å². The largest absolute Gasteiger partial charge is 0.484 e. The SMILES string of the molecule is CCOCCNc1nc(SC)nc2c1cnn2CCNC(=O)COc1ccc(F)cc1. The lowest BCUT2D eigenvalue weighted by molar-refractivity contribution is -0.123. The maximum absolute atomic E-state index is 12.9. The first kappa shape index (κ1) is 22.8. The van der Waals surface area contributed by atoms with Gasteiger partial charge in [0.2, 0.25) is 0 Å². The van der Waals surface area contributed by atoms with Gasteiger partial charge in [0.25, 0.3) is 5.91 Å². The van der Waals surface area contributed by atoms with Gasteiger partial charge < -0.3 is 20.1 Å². The van der Waals surface area contributed by atoms with Crippen LogP contribution in [0.2, 0.25) is 0 Å². The molecule has 0 fully saturated rings. The van der Waals surface area contributed by atoms with E-state index < -0.39 is 0 Å². The summed E-state index contributed by atoms with van der Waals surface area (Å²) in [4.78, 5) is 21.1. The van der Waals surface area contributed by atoms with Crippen LogP contribution in [0.1, 0.15) is 6.92 Å². The zero-order valence-corrected chi connectivity index (χ0v) is 18.2. The molecule has 0 saturated carbocycles. The van der Waals surface area contributed by atoms with Crippen LogP contribution in [0.25, 0.3) is 11.0 Å². The third-order valence-electron chi connectivity index (χ3n) is 4.23. The number of nitrogens with one attached hydrogen (secondary N) is 2. The van der Waals surface area contributed by atoms with Crippen molar-refractivity contribution in [2.75, 3.05) is 44.5 Å². The number of thioether (sulfide) groups is 1. The number of amides is 1. The van der Waals surface area contributed by atoms with Gasteiger partial charge in [0.05, 0.1) is 24.7 Å². The number of anilines is 1. The maximum atomic E-state index is 12.9. The molecule has 31 heavy (non-hydrogen) atoms. The first-order valence-electron chi connectivity index (χ1n) is 9.85. The minimum absolute atomic E-state index is 0.155. The molecule has 3 rings (SSSR count). The van der Waals surface area contributed by atoms with Gasteiger partial charge >= 0.3 is 0 Å². The number of aromatic nitrogens is 4. The number of hydrogen-bond donors (Lipinski definition) is 2. The van der Waals surface area contributed by atoms with Gasteiger partial charge in [-0.25, -0.2) is 19.0 Å². The van der Waals surface area contributed by atoms with Crippen molar-refractivity contribution in [1.29, 1.82) is 0 Å². The van der Waals surface area contributed by atoms with Crippen LogP contribution in [0.5, 0.6) is 5.75 Å².